The van der Waals surface area contributed by atoms with Gasteiger partial charge in [-0.25, -0.2) is 4.39 Å². The van der Waals surface area contributed by atoms with Gasteiger partial charge in [0.15, 0.2) is 0 Å². The van der Waals surface area contributed by atoms with Crippen molar-refractivity contribution in [2.75, 3.05) is 0 Å². The summed E-state index contributed by atoms with van der Waals surface area (Å²) in [7, 11) is 0. The van der Waals surface area contributed by atoms with Gasteiger partial charge in [0.05, 0.1) is 10.0 Å². The minimum absolute atomic E-state index is 0.181. The molecule has 0 fully saturated rings. The first-order valence-corrected chi connectivity index (χ1v) is 4.83. The van der Waals surface area contributed by atoms with Crippen molar-refractivity contribution in [2.45, 2.75) is 12.5 Å². The number of hydrogen-bond donors (Lipinski definition) is 1. The van der Waals surface area contributed by atoms with E-state index < -0.39 is 11.9 Å². The van der Waals surface area contributed by atoms with E-state index >= 15 is 0 Å². The molecule has 0 saturated carbocycles. The maximum Gasteiger partial charge on any atom is 0.129 e. The lowest BCUT2D eigenvalue weighted by atomic mass is 10.0. The molecule has 1 rings (SSSR count). The topological polar surface area (TPSA) is 26.0 Å². The van der Waals surface area contributed by atoms with Crippen LogP contribution in [-0.2, 0) is 0 Å². The summed E-state index contributed by atoms with van der Waals surface area (Å²) in [5.74, 6) is -0.436. The SMILES string of the molecule is C=CC[C@H](N)c1c(F)ccc(Cl)c1Cl. The normalized spacial score (nSPS) is 12.6. The summed E-state index contributed by atoms with van der Waals surface area (Å²) < 4.78 is 13.3. The van der Waals surface area contributed by atoms with Crippen molar-refractivity contribution >= 4 is 23.2 Å². The number of halogens is 3. The van der Waals surface area contributed by atoms with Crippen molar-refractivity contribution in [3.63, 3.8) is 0 Å². The number of benzene rings is 1. The van der Waals surface area contributed by atoms with Gasteiger partial charge in [-0.1, -0.05) is 29.3 Å². The smallest absolute Gasteiger partial charge is 0.129 e. The number of rotatable bonds is 3. The highest BCUT2D eigenvalue weighted by molar-refractivity contribution is 6.42. The highest BCUT2D eigenvalue weighted by Gasteiger charge is 2.16. The lowest BCUT2D eigenvalue weighted by molar-refractivity contribution is 0.584. The van der Waals surface area contributed by atoms with Crippen LogP contribution in [0.1, 0.15) is 18.0 Å². The van der Waals surface area contributed by atoms with Crippen molar-refractivity contribution in [3.8, 4) is 0 Å². The fraction of sp³-hybridized carbons (Fsp3) is 0.200. The average molecular weight is 234 g/mol. The molecular formula is C10H10Cl2FN. The molecule has 0 spiro atoms. The Balaban J connectivity index is 3.17. The molecule has 14 heavy (non-hydrogen) atoms. The standard InChI is InChI=1S/C10H10Cl2FN/c1-2-3-8(14)9-7(13)5-4-6(11)10(9)12/h2,4-5,8H,1,3,14H2/t8-/m0/s1. The Labute approximate surface area is 92.3 Å². The van der Waals surface area contributed by atoms with Crippen LogP contribution in [0.5, 0.6) is 0 Å². The molecule has 0 bridgehead atoms. The van der Waals surface area contributed by atoms with Gasteiger partial charge in [0.25, 0.3) is 0 Å². The van der Waals surface area contributed by atoms with Gasteiger partial charge >= 0.3 is 0 Å². The Morgan fingerprint density at radius 1 is 1.50 bits per heavy atom. The second kappa shape index (κ2) is 4.78. The summed E-state index contributed by atoms with van der Waals surface area (Å²) in [4.78, 5) is 0. The molecule has 0 amide bonds. The predicted octanol–water partition coefficient (Wildman–Crippen LogP) is 3.71. The Kier molecular flexibility index (Phi) is 3.93. The average Bonchev–Trinajstić information content (AvgIpc) is 2.13. The lowest BCUT2D eigenvalue weighted by Crippen LogP contribution is -2.12. The molecule has 0 heterocycles. The first-order valence-electron chi connectivity index (χ1n) is 4.07. The molecule has 1 atom stereocenters. The molecule has 1 aromatic carbocycles. The van der Waals surface area contributed by atoms with Crippen molar-refractivity contribution in [1.29, 1.82) is 0 Å². The summed E-state index contributed by atoms with van der Waals surface area (Å²) in [6.07, 6.45) is 2.07. The van der Waals surface area contributed by atoms with Gasteiger partial charge < -0.3 is 5.73 Å². The van der Waals surface area contributed by atoms with Gasteiger partial charge in [-0.15, -0.1) is 6.58 Å². The van der Waals surface area contributed by atoms with E-state index in [0.717, 1.165) is 0 Å². The second-order valence-corrected chi connectivity index (χ2v) is 3.67. The molecule has 0 saturated heterocycles. The third-order valence-electron chi connectivity index (χ3n) is 1.87. The van der Waals surface area contributed by atoms with E-state index in [-0.39, 0.29) is 10.6 Å². The third-order valence-corrected chi connectivity index (χ3v) is 2.69. The van der Waals surface area contributed by atoms with Gasteiger partial charge in [-0.2, -0.15) is 0 Å². The first kappa shape index (κ1) is 11.5. The van der Waals surface area contributed by atoms with E-state index in [1.165, 1.54) is 12.1 Å². The van der Waals surface area contributed by atoms with E-state index in [1.807, 2.05) is 0 Å². The zero-order valence-electron chi connectivity index (χ0n) is 7.43. The zero-order valence-corrected chi connectivity index (χ0v) is 8.95. The van der Waals surface area contributed by atoms with Gasteiger partial charge in [0, 0.05) is 11.6 Å². The van der Waals surface area contributed by atoms with Crippen LogP contribution < -0.4 is 5.73 Å². The van der Waals surface area contributed by atoms with Crippen LogP contribution in [0.3, 0.4) is 0 Å². The van der Waals surface area contributed by atoms with Crippen LogP contribution >= 0.6 is 23.2 Å². The van der Waals surface area contributed by atoms with Crippen LogP contribution in [0.25, 0.3) is 0 Å². The molecule has 0 aromatic heterocycles. The molecule has 0 radical (unpaired) electrons. The highest BCUT2D eigenvalue weighted by Crippen LogP contribution is 2.32. The summed E-state index contributed by atoms with van der Waals surface area (Å²) in [5.41, 5.74) is 5.97. The van der Waals surface area contributed by atoms with Crippen molar-refractivity contribution < 1.29 is 4.39 Å². The lowest BCUT2D eigenvalue weighted by Gasteiger charge is -2.13. The van der Waals surface area contributed by atoms with Crippen LogP contribution in [0.15, 0.2) is 24.8 Å². The van der Waals surface area contributed by atoms with Crippen LogP contribution in [0, 0.1) is 5.82 Å². The number of nitrogens with two attached hydrogens (primary N) is 1. The minimum atomic E-state index is -0.501. The predicted molar refractivity (Wildman–Crippen MR) is 58.2 cm³/mol. The van der Waals surface area contributed by atoms with Crippen LogP contribution in [-0.4, -0.2) is 0 Å². The molecular weight excluding hydrogens is 224 g/mol. The zero-order chi connectivity index (χ0) is 10.7. The molecule has 0 aliphatic heterocycles. The summed E-state index contributed by atoms with van der Waals surface area (Å²) >= 11 is 11.6. The second-order valence-electron chi connectivity index (χ2n) is 2.89. The highest BCUT2D eigenvalue weighted by atomic mass is 35.5. The minimum Gasteiger partial charge on any atom is -0.324 e. The van der Waals surface area contributed by atoms with E-state index in [0.29, 0.717) is 11.4 Å². The Morgan fingerprint density at radius 2 is 2.14 bits per heavy atom. The largest absolute Gasteiger partial charge is 0.324 e. The van der Waals surface area contributed by atoms with E-state index in [1.54, 1.807) is 6.08 Å². The van der Waals surface area contributed by atoms with Crippen molar-refractivity contribution in [2.24, 2.45) is 5.73 Å². The van der Waals surface area contributed by atoms with E-state index in [2.05, 4.69) is 6.58 Å². The fourth-order valence-corrected chi connectivity index (χ4v) is 1.64. The monoisotopic (exact) mass is 233 g/mol. The quantitative estimate of drug-likeness (QED) is 0.626. The molecule has 1 aromatic rings. The van der Waals surface area contributed by atoms with Crippen molar-refractivity contribution in [3.05, 3.63) is 46.2 Å². The molecule has 0 unspecified atom stereocenters. The van der Waals surface area contributed by atoms with Gasteiger partial charge in [-0.3, -0.25) is 0 Å². The summed E-state index contributed by atoms with van der Waals surface area (Å²) in [6.45, 7) is 3.53. The molecule has 76 valence electrons. The first-order chi connectivity index (χ1) is 6.57. The summed E-state index contributed by atoms with van der Waals surface area (Å²) in [5, 5.41) is 0.489. The Morgan fingerprint density at radius 3 is 2.71 bits per heavy atom. The molecule has 0 aliphatic rings. The van der Waals surface area contributed by atoms with E-state index in [9.17, 15) is 4.39 Å². The molecule has 2 N–H and O–H groups in total. The van der Waals surface area contributed by atoms with Gasteiger partial charge in [0.2, 0.25) is 0 Å². The maximum atomic E-state index is 13.3. The molecule has 1 nitrogen and oxygen atoms in total. The van der Waals surface area contributed by atoms with Crippen LogP contribution in [0.2, 0.25) is 10.0 Å². The Bertz CT molecular complexity index is 352. The third kappa shape index (κ3) is 2.27. The fourth-order valence-electron chi connectivity index (χ4n) is 1.18. The molecule has 0 aliphatic carbocycles. The summed E-state index contributed by atoms with van der Waals surface area (Å²) in [6, 6.07) is 2.16. The maximum absolute atomic E-state index is 13.3. The van der Waals surface area contributed by atoms with Crippen LogP contribution in [0.4, 0.5) is 4.39 Å². The van der Waals surface area contributed by atoms with E-state index in [4.69, 9.17) is 28.9 Å². The number of hydrogen-bond acceptors (Lipinski definition) is 1. The van der Waals surface area contributed by atoms with Gasteiger partial charge in [0.1, 0.15) is 5.82 Å². The Hall–Kier alpha value is -0.570. The molecule has 4 heteroatoms. The van der Waals surface area contributed by atoms with Crippen molar-refractivity contribution in [1.82, 2.24) is 0 Å². The van der Waals surface area contributed by atoms with Gasteiger partial charge in [-0.05, 0) is 18.6 Å².